The van der Waals surface area contributed by atoms with E-state index in [0.29, 0.717) is 23.1 Å². The minimum absolute atomic E-state index is 0.428. The van der Waals surface area contributed by atoms with Crippen molar-refractivity contribution in [1.29, 1.82) is 0 Å². The molecule has 0 radical (unpaired) electrons. The maximum atomic E-state index is 11.6. The number of carbonyl (C=O) groups excluding carboxylic acids is 1. The van der Waals surface area contributed by atoms with E-state index >= 15 is 0 Å². The molecule has 2 heterocycles. The molecule has 5 nitrogen and oxygen atoms in total. The van der Waals surface area contributed by atoms with E-state index in [9.17, 15) is 4.79 Å². The van der Waals surface area contributed by atoms with Gasteiger partial charge >= 0.3 is 0 Å². The Balaban J connectivity index is 2.40. The van der Waals surface area contributed by atoms with Gasteiger partial charge in [-0.05, 0) is 25.3 Å². The number of rotatable bonds is 3. The fraction of sp³-hybridized carbons (Fsp3) is 0.571. The SMILES string of the molecule is CCC1CCCCCN1c1ncc(N)cc1C(N)=O. The van der Waals surface area contributed by atoms with Gasteiger partial charge in [0.1, 0.15) is 5.82 Å². The Labute approximate surface area is 114 Å². The van der Waals surface area contributed by atoms with Gasteiger partial charge in [-0.15, -0.1) is 0 Å². The summed E-state index contributed by atoms with van der Waals surface area (Å²) in [6, 6.07) is 2.05. The lowest BCUT2D eigenvalue weighted by molar-refractivity contribution is 0.100. The molecule has 0 aliphatic carbocycles. The lowest BCUT2D eigenvalue weighted by Gasteiger charge is -2.31. The largest absolute Gasteiger partial charge is 0.397 e. The highest BCUT2D eigenvalue weighted by atomic mass is 16.1. The molecule has 2 rings (SSSR count). The van der Waals surface area contributed by atoms with Crippen LogP contribution >= 0.6 is 0 Å². The summed E-state index contributed by atoms with van der Waals surface area (Å²) in [5.74, 6) is 0.226. The Morgan fingerprint density at radius 2 is 2.26 bits per heavy atom. The number of nitrogens with zero attached hydrogens (tertiary/aromatic N) is 2. The lowest BCUT2D eigenvalue weighted by Crippen LogP contribution is -2.36. The molecule has 0 saturated carbocycles. The Morgan fingerprint density at radius 1 is 1.47 bits per heavy atom. The summed E-state index contributed by atoms with van der Waals surface area (Å²) in [5.41, 5.74) is 12.1. The monoisotopic (exact) mass is 262 g/mol. The third-order valence-electron chi connectivity index (χ3n) is 3.77. The number of carbonyl (C=O) groups is 1. The third kappa shape index (κ3) is 2.97. The molecule has 19 heavy (non-hydrogen) atoms. The second kappa shape index (κ2) is 5.91. The van der Waals surface area contributed by atoms with Crippen LogP contribution in [0.3, 0.4) is 0 Å². The number of anilines is 2. The van der Waals surface area contributed by atoms with E-state index in [1.54, 1.807) is 12.3 Å². The molecule has 1 aromatic heterocycles. The van der Waals surface area contributed by atoms with E-state index in [1.807, 2.05) is 0 Å². The van der Waals surface area contributed by atoms with Crippen LogP contribution in [0.2, 0.25) is 0 Å². The summed E-state index contributed by atoms with van der Waals surface area (Å²) in [4.78, 5) is 18.2. The lowest BCUT2D eigenvalue weighted by atomic mass is 10.1. The standard InChI is InChI=1S/C14H22N4O/c1-2-11-6-4-3-5-7-18(11)14-12(13(16)19)8-10(15)9-17-14/h8-9,11H,2-7,15H2,1H3,(H2,16,19). The average molecular weight is 262 g/mol. The molecule has 0 bridgehead atoms. The highest BCUT2D eigenvalue weighted by Gasteiger charge is 2.24. The topological polar surface area (TPSA) is 85.2 Å². The third-order valence-corrected chi connectivity index (χ3v) is 3.77. The van der Waals surface area contributed by atoms with E-state index in [-0.39, 0.29) is 0 Å². The van der Waals surface area contributed by atoms with Crippen molar-refractivity contribution in [3.05, 3.63) is 17.8 Å². The first-order chi connectivity index (χ1) is 9.13. The van der Waals surface area contributed by atoms with Crippen LogP contribution in [0.5, 0.6) is 0 Å². The molecule has 1 aromatic rings. The maximum absolute atomic E-state index is 11.6. The van der Waals surface area contributed by atoms with E-state index in [2.05, 4.69) is 16.8 Å². The van der Waals surface area contributed by atoms with E-state index < -0.39 is 5.91 Å². The highest BCUT2D eigenvalue weighted by Crippen LogP contribution is 2.27. The van der Waals surface area contributed by atoms with Gasteiger partial charge in [0.2, 0.25) is 0 Å². The second-order valence-electron chi connectivity index (χ2n) is 5.11. The fourth-order valence-electron chi connectivity index (χ4n) is 2.76. The molecule has 0 spiro atoms. The van der Waals surface area contributed by atoms with Crippen LogP contribution in [0.25, 0.3) is 0 Å². The van der Waals surface area contributed by atoms with Gasteiger partial charge in [-0.25, -0.2) is 4.98 Å². The zero-order valence-electron chi connectivity index (χ0n) is 11.4. The molecule has 5 heteroatoms. The number of hydrogen-bond acceptors (Lipinski definition) is 4. The molecular formula is C14H22N4O. The van der Waals surface area contributed by atoms with Gasteiger partial charge in [0.25, 0.3) is 5.91 Å². The maximum Gasteiger partial charge on any atom is 0.252 e. The van der Waals surface area contributed by atoms with Gasteiger partial charge in [-0.2, -0.15) is 0 Å². The molecule has 1 fully saturated rings. The van der Waals surface area contributed by atoms with Gasteiger partial charge in [0.15, 0.2) is 0 Å². The van der Waals surface area contributed by atoms with Crippen LogP contribution in [0.4, 0.5) is 11.5 Å². The molecule has 1 unspecified atom stereocenters. The van der Waals surface area contributed by atoms with Crippen LogP contribution in [0.15, 0.2) is 12.3 Å². The van der Waals surface area contributed by atoms with E-state index in [4.69, 9.17) is 11.5 Å². The summed E-state index contributed by atoms with van der Waals surface area (Å²) in [7, 11) is 0. The van der Waals surface area contributed by atoms with Crippen molar-refractivity contribution in [1.82, 2.24) is 4.98 Å². The Morgan fingerprint density at radius 3 is 2.95 bits per heavy atom. The van der Waals surface area contributed by atoms with E-state index in [1.165, 1.54) is 12.8 Å². The predicted octanol–water partition coefficient (Wildman–Crippen LogP) is 1.92. The molecular weight excluding hydrogens is 240 g/mol. The minimum Gasteiger partial charge on any atom is -0.397 e. The number of nitrogen functional groups attached to an aromatic ring is 1. The van der Waals surface area contributed by atoms with Gasteiger partial charge in [-0.3, -0.25) is 4.79 Å². The number of aromatic nitrogens is 1. The summed E-state index contributed by atoms with van der Waals surface area (Å²) < 4.78 is 0. The average Bonchev–Trinajstić information content (AvgIpc) is 2.63. The summed E-state index contributed by atoms with van der Waals surface area (Å²) in [6.45, 7) is 3.10. The molecule has 0 aromatic carbocycles. The Kier molecular flexibility index (Phi) is 4.24. The van der Waals surface area contributed by atoms with Crippen molar-refractivity contribution in [3.63, 3.8) is 0 Å². The Bertz CT molecular complexity index is 461. The summed E-state index contributed by atoms with van der Waals surface area (Å²) in [6.07, 6.45) is 7.37. The van der Waals surface area contributed by atoms with Gasteiger partial charge in [0.05, 0.1) is 17.4 Å². The predicted molar refractivity (Wildman–Crippen MR) is 77.1 cm³/mol. The van der Waals surface area contributed by atoms with Crippen molar-refractivity contribution in [3.8, 4) is 0 Å². The molecule has 4 N–H and O–H groups in total. The zero-order chi connectivity index (χ0) is 13.8. The highest BCUT2D eigenvalue weighted by molar-refractivity contribution is 5.98. The number of amides is 1. The van der Waals surface area contributed by atoms with Gasteiger partial charge in [-0.1, -0.05) is 19.8 Å². The number of primary amides is 1. The van der Waals surface area contributed by atoms with Crippen molar-refractivity contribution in [2.75, 3.05) is 17.2 Å². The van der Waals surface area contributed by atoms with Crippen LogP contribution < -0.4 is 16.4 Å². The normalized spacial score (nSPS) is 20.1. The molecule has 1 atom stereocenters. The van der Waals surface area contributed by atoms with Gasteiger partial charge < -0.3 is 16.4 Å². The summed E-state index contributed by atoms with van der Waals surface area (Å²) >= 11 is 0. The smallest absolute Gasteiger partial charge is 0.252 e. The fourth-order valence-corrected chi connectivity index (χ4v) is 2.76. The van der Waals surface area contributed by atoms with E-state index in [0.717, 1.165) is 25.8 Å². The van der Waals surface area contributed by atoms with Crippen molar-refractivity contribution in [2.24, 2.45) is 5.73 Å². The number of pyridine rings is 1. The van der Waals surface area contributed by atoms with Crippen LogP contribution in [-0.2, 0) is 0 Å². The minimum atomic E-state index is -0.464. The molecule has 104 valence electrons. The zero-order valence-corrected chi connectivity index (χ0v) is 11.4. The first-order valence-electron chi connectivity index (χ1n) is 6.95. The summed E-state index contributed by atoms with van der Waals surface area (Å²) in [5, 5.41) is 0. The van der Waals surface area contributed by atoms with Crippen molar-refractivity contribution >= 4 is 17.4 Å². The number of hydrogen-bond donors (Lipinski definition) is 2. The van der Waals surface area contributed by atoms with Crippen LogP contribution in [0.1, 0.15) is 49.4 Å². The first-order valence-corrected chi connectivity index (χ1v) is 6.95. The quantitative estimate of drug-likeness (QED) is 0.871. The first kappa shape index (κ1) is 13.6. The molecule has 1 aliphatic rings. The molecule has 1 amide bonds. The molecule has 1 aliphatic heterocycles. The molecule has 1 saturated heterocycles. The van der Waals surface area contributed by atoms with Crippen molar-refractivity contribution < 1.29 is 4.79 Å². The van der Waals surface area contributed by atoms with Crippen LogP contribution in [0, 0.1) is 0 Å². The second-order valence-corrected chi connectivity index (χ2v) is 5.11. The van der Waals surface area contributed by atoms with Crippen molar-refractivity contribution in [2.45, 2.75) is 45.1 Å². The van der Waals surface area contributed by atoms with Gasteiger partial charge in [0, 0.05) is 12.6 Å². The number of nitrogens with two attached hydrogens (primary N) is 2. The Hall–Kier alpha value is -1.78. The van der Waals surface area contributed by atoms with Crippen LogP contribution in [-0.4, -0.2) is 23.5 Å².